The van der Waals surface area contributed by atoms with Crippen molar-refractivity contribution in [2.75, 3.05) is 13.1 Å². The van der Waals surface area contributed by atoms with Crippen LogP contribution in [0.25, 0.3) is 0 Å². The van der Waals surface area contributed by atoms with Crippen LogP contribution in [0.1, 0.15) is 20.3 Å². The van der Waals surface area contributed by atoms with Crippen LogP contribution in [0.2, 0.25) is 0 Å². The van der Waals surface area contributed by atoms with Gasteiger partial charge in [0.25, 0.3) is 0 Å². The molecule has 0 saturated heterocycles. The van der Waals surface area contributed by atoms with Gasteiger partial charge in [-0.3, -0.25) is 0 Å². The van der Waals surface area contributed by atoms with Crippen LogP contribution in [-0.4, -0.2) is 41.4 Å². The summed E-state index contributed by atoms with van der Waals surface area (Å²) in [4.78, 5) is 21.4. The molecular weight excluding hydrogens is 212 g/mol. The second-order valence-corrected chi connectivity index (χ2v) is 4.83. The summed E-state index contributed by atoms with van der Waals surface area (Å²) < 4.78 is 0. The van der Waals surface area contributed by atoms with Gasteiger partial charge in [0.2, 0.25) is 0 Å². The Morgan fingerprint density at radius 1 is 1.44 bits per heavy atom. The average molecular weight is 230 g/mol. The summed E-state index contributed by atoms with van der Waals surface area (Å²) in [6.45, 7) is 4.56. The first kappa shape index (κ1) is 12.8. The number of carbonyl (C=O) groups excluding carboxylic acids is 1. The molecule has 6 heteroatoms. The zero-order valence-electron chi connectivity index (χ0n) is 9.49. The smallest absolute Gasteiger partial charge is 0.334 e. The predicted octanol–water partition coefficient (Wildman–Crippen LogP) is -0.223. The lowest BCUT2D eigenvalue weighted by atomic mass is 10.1. The monoisotopic (exact) mass is 230 g/mol. The fourth-order valence-electron chi connectivity index (χ4n) is 1.48. The summed E-state index contributed by atoms with van der Waals surface area (Å²) in [5.41, 5.74) is 0.299. The van der Waals surface area contributed by atoms with Crippen molar-refractivity contribution in [3.05, 3.63) is 0 Å². The quantitative estimate of drug-likeness (QED) is 0.524. The number of carboxylic acids is 1. The van der Waals surface area contributed by atoms with Gasteiger partial charge in [-0.05, 0) is 17.8 Å². The molecule has 1 aliphatic carbocycles. The highest BCUT2D eigenvalue weighted by Crippen LogP contribution is 2.50. The molecule has 1 aliphatic rings. The summed E-state index contributed by atoms with van der Waals surface area (Å²) >= 11 is 0. The fourth-order valence-corrected chi connectivity index (χ4v) is 1.48. The normalized spacial score (nSPS) is 23.3. The van der Waals surface area contributed by atoms with E-state index in [0.717, 1.165) is 6.42 Å². The number of hydrogen-bond donors (Lipinski definition) is 4. The molecule has 0 spiro atoms. The molecule has 0 aromatic rings. The van der Waals surface area contributed by atoms with E-state index in [4.69, 9.17) is 10.2 Å². The van der Waals surface area contributed by atoms with E-state index < -0.39 is 18.1 Å². The Hall–Kier alpha value is -1.30. The van der Waals surface area contributed by atoms with E-state index in [0.29, 0.717) is 17.9 Å². The van der Waals surface area contributed by atoms with E-state index in [1.807, 2.05) is 0 Å². The van der Waals surface area contributed by atoms with Gasteiger partial charge in [0, 0.05) is 6.54 Å². The van der Waals surface area contributed by atoms with Crippen LogP contribution in [0, 0.1) is 11.3 Å². The van der Waals surface area contributed by atoms with Crippen molar-refractivity contribution >= 4 is 12.0 Å². The molecule has 4 N–H and O–H groups in total. The number of carboxylic acid groups (broad SMARTS) is 1. The molecule has 2 atom stereocenters. The summed E-state index contributed by atoms with van der Waals surface area (Å²) in [6.07, 6.45) is -0.464. The average Bonchev–Trinajstić information content (AvgIpc) is 2.79. The van der Waals surface area contributed by atoms with Crippen LogP contribution in [0.4, 0.5) is 4.79 Å². The molecule has 1 rings (SSSR count). The standard InChI is InChI=1S/C10H18N2O4/c1-10(2)3-6(10)4-11-9(16)12-5-7(13)8(14)15/h6-7,13H,3-5H2,1-2H3,(H,14,15)(H2,11,12,16)/t6?,7-/m0/s1. The summed E-state index contributed by atoms with van der Waals surface area (Å²) in [5.74, 6) is -0.855. The van der Waals surface area contributed by atoms with Crippen molar-refractivity contribution in [2.45, 2.75) is 26.4 Å². The summed E-state index contributed by atoms with van der Waals surface area (Å²) in [6, 6.07) is -0.442. The first-order valence-corrected chi connectivity index (χ1v) is 5.25. The number of urea groups is 1. The Morgan fingerprint density at radius 2 is 2.00 bits per heavy atom. The second kappa shape index (κ2) is 4.69. The maximum atomic E-state index is 11.2. The number of aliphatic hydroxyl groups excluding tert-OH is 1. The van der Waals surface area contributed by atoms with E-state index in [1.54, 1.807) is 0 Å². The Bertz CT molecular complexity index is 291. The topological polar surface area (TPSA) is 98.7 Å². The minimum Gasteiger partial charge on any atom is -0.479 e. The first-order chi connectivity index (χ1) is 7.33. The van der Waals surface area contributed by atoms with Gasteiger partial charge in [-0.15, -0.1) is 0 Å². The molecule has 6 nitrogen and oxygen atoms in total. The van der Waals surface area contributed by atoms with Crippen LogP contribution >= 0.6 is 0 Å². The molecule has 0 bridgehead atoms. The largest absolute Gasteiger partial charge is 0.479 e. The molecule has 1 unspecified atom stereocenters. The summed E-state index contributed by atoms with van der Waals surface area (Å²) in [5, 5.41) is 22.2. The van der Waals surface area contributed by atoms with Gasteiger partial charge in [-0.1, -0.05) is 13.8 Å². The van der Waals surface area contributed by atoms with Crippen molar-refractivity contribution in [1.82, 2.24) is 10.6 Å². The Morgan fingerprint density at radius 3 is 2.44 bits per heavy atom. The van der Waals surface area contributed by atoms with Crippen LogP contribution in [-0.2, 0) is 4.79 Å². The number of hydrogen-bond acceptors (Lipinski definition) is 3. The lowest BCUT2D eigenvalue weighted by molar-refractivity contribution is -0.146. The molecule has 1 fully saturated rings. The molecule has 0 radical (unpaired) electrons. The van der Waals surface area contributed by atoms with Crippen molar-refractivity contribution in [3.63, 3.8) is 0 Å². The third-order valence-electron chi connectivity index (χ3n) is 2.97. The van der Waals surface area contributed by atoms with Crippen molar-refractivity contribution in [2.24, 2.45) is 11.3 Å². The van der Waals surface area contributed by atoms with E-state index in [1.165, 1.54) is 0 Å². The number of nitrogens with one attached hydrogen (secondary N) is 2. The maximum Gasteiger partial charge on any atom is 0.334 e. The molecule has 0 heterocycles. The van der Waals surface area contributed by atoms with Crippen molar-refractivity contribution < 1.29 is 19.8 Å². The van der Waals surface area contributed by atoms with Crippen LogP contribution in [0.3, 0.4) is 0 Å². The number of amides is 2. The van der Waals surface area contributed by atoms with E-state index in [9.17, 15) is 9.59 Å². The van der Waals surface area contributed by atoms with Crippen LogP contribution in [0.15, 0.2) is 0 Å². The zero-order valence-corrected chi connectivity index (χ0v) is 9.49. The van der Waals surface area contributed by atoms with Gasteiger partial charge in [0.05, 0.1) is 6.54 Å². The summed E-state index contributed by atoms with van der Waals surface area (Å²) in [7, 11) is 0. The lowest BCUT2D eigenvalue weighted by Crippen LogP contribution is -2.42. The third kappa shape index (κ3) is 3.69. The molecule has 0 aliphatic heterocycles. The fraction of sp³-hybridized carbons (Fsp3) is 0.800. The van der Waals surface area contributed by atoms with Gasteiger partial charge in [0.15, 0.2) is 6.10 Å². The van der Waals surface area contributed by atoms with Gasteiger partial charge in [-0.25, -0.2) is 9.59 Å². The Kier molecular flexibility index (Phi) is 3.74. The number of aliphatic hydroxyl groups is 1. The number of aliphatic carboxylic acids is 1. The molecule has 0 aromatic heterocycles. The first-order valence-electron chi connectivity index (χ1n) is 5.25. The second-order valence-electron chi connectivity index (χ2n) is 4.83. The zero-order chi connectivity index (χ0) is 12.3. The van der Waals surface area contributed by atoms with Gasteiger partial charge < -0.3 is 20.8 Å². The van der Waals surface area contributed by atoms with E-state index in [-0.39, 0.29) is 6.54 Å². The number of carbonyl (C=O) groups is 2. The highest BCUT2D eigenvalue weighted by molar-refractivity contribution is 5.76. The van der Waals surface area contributed by atoms with Crippen molar-refractivity contribution in [3.8, 4) is 0 Å². The maximum absolute atomic E-state index is 11.2. The Labute approximate surface area is 94.0 Å². The molecule has 0 aromatic carbocycles. The molecule has 2 amide bonds. The Balaban J connectivity index is 2.10. The van der Waals surface area contributed by atoms with Crippen molar-refractivity contribution in [1.29, 1.82) is 0 Å². The molecule has 92 valence electrons. The predicted molar refractivity (Wildman–Crippen MR) is 56.9 cm³/mol. The van der Waals surface area contributed by atoms with E-state index >= 15 is 0 Å². The molecule has 16 heavy (non-hydrogen) atoms. The highest BCUT2D eigenvalue weighted by Gasteiger charge is 2.45. The minimum atomic E-state index is -1.55. The van der Waals surface area contributed by atoms with Crippen LogP contribution < -0.4 is 10.6 Å². The van der Waals surface area contributed by atoms with E-state index in [2.05, 4.69) is 24.5 Å². The molecule has 1 saturated carbocycles. The third-order valence-corrected chi connectivity index (χ3v) is 2.97. The van der Waals surface area contributed by atoms with Gasteiger partial charge in [-0.2, -0.15) is 0 Å². The lowest BCUT2D eigenvalue weighted by Gasteiger charge is -2.09. The number of rotatable bonds is 5. The van der Waals surface area contributed by atoms with Crippen LogP contribution in [0.5, 0.6) is 0 Å². The van der Waals surface area contributed by atoms with Gasteiger partial charge >= 0.3 is 12.0 Å². The van der Waals surface area contributed by atoms with Gasteiger partial charge in [0.1, 0.15) is 0 Å². The molecular formula is C10H18N2O4. The minimum absolute atomic E-state index is 0.283. The highest BCUT2D eigenvalue weighted by atomic mass is 16.4. The SMILES string of the molecule is CC1(C)CC1CNC(=O)NC[C@H](O)C(=O)O.